The summed E-state index contributed by atoms with van der Waals surface area (Å²) in [7, 11) is 0. The molecule has 0 amide bonds. The average molecular weight is 196 g/mol. The summed E-state index contributed by atoms with van der Waals surface area (Å²) in [4.78, 5) is 0. The van der Waals surface area contributed by atoms with Gasteiger partial charge in [0, 0.05) is 10.6 Å². The lowest BCUT2D eigenvalue weighted by Crippen LogP contribution is -2.43. The minimum absolute atomic E-state index is 0.0883. The first-order valence-corrected chi connectivity index (χ1v) is 5.05. The summed E-state index contributed by atoms with van der Waals surface area (Å²) in [6.07, 6.45) is 3.42. The van der Waals surface area contributed by atoms with Crippen LogP contribution in [-0.2, 0) is 5.54 Å². The number of halogens is 1. The Morgan fingerprint density at radius 3 is 2.62 bits per heavy atom. The zero-order valence-electron chi connectivity index (χ0n) is 7.81. The SMILES string of the molecule is Cc1ccc(Cl)cc1C1(N)CCC1. The van der Waals surface area contributed by atoms with Crippen LogP contribution >= 0.6 is 11.6 Å². The summed E-state index contributed by atoms with van der Waals surface area (Å²) in [5.41, 5.74) is 8.63. The van der Waals surface area contributed by atoms with Crippen molar-refractivity contribution < 1.29 is 0 Å². The Morgan fingerprint density at radius 2 is 2.08 bits per heavy atom. The first-order valence-electron chi connectivity index (χ1n) is 4.67. The maximum Gasteiger partial charge on any atom is 0.0412 e. The van der Waals surface area contributed by atoms with Gasteiger partial charge in [-0.1, -0.05) is 17.7 Å². The topological polar surface area (TPSA) is 26.0 Å². The van der Waals surface area contributed by atoms with Gasteiger partial charge in [0.1, 0.15) is 0 Å². The van der Waals surface area contributed by atoms with Gasteiger partial charge in [0.15, 0.2) is 0 Å². The van der Waals surface area contributed by atoms with Crippen LogP contribution in [0.1, 0.15) is 30.4 Å². The summed E-state index contributed by atoms with van der Waals surface area (Å²) in [6, 6.07) is 5.98. The van der Waals surface area contributed by atoms with Crippen molar-refractivity contribution in [1.82, 2.24) is 0 Å². The summed E-state index contributed by atoms with van der Waals surface area (Å²) in [6.45, 7) is 2.10. The van der Waals surface area contributed by atoms with Crippen LogP contribution in [0.2, 0.25) is 5.02 Å². The quantitative estimate of drug-likeness (QED) is 0.733. The highest BCUT2D eigenvalue weighted by atomic mass is 35.5. The zero-order valence-corrected chi connectivity index (χ0v) is 8.56. The molecule has 1 aromatic rings. The van der Waals surface area contributed by atoms with E-state index in [2.05, 4.69) is 6.92 Å². The average Bonchev–Trinajstić information content (AvgIpc) is 2.05. The standard InChI is InChI=1S/C11H14ClN/c1-8-3-4-9(12)7-10(8)11(13)5-2-6-11/h3-4,7H,2,5-6,13H2,1H3. The van der Waals surface area contributed by atoms with E-state index < -0.39 is 0 Å². The lowest BCUT2D eigenvalue weighted by molar-refractivity contribution is 0.252. The molecule has 13 heavy (non-hydrogen) atoms. The Bertz CT molecular complexity index is 329. The number of benzene rings is 1. The molecule has 1 aromatic carbocycles. The molecule has 1 aliphatic carbocycles. The normalized spacial score (nSPS) is 19.6. The van der Waals surface area contributed by atoms with Crippen molar-refractivity contribution in [3.8, 4) is 0 Å². The van der Waals surface area contributed by atoms with Crippen molar-refractivity contribution in [3.05, 3.63) is 34.3 Å². The molecule has 0 unspecified atom stereocenters. The van der Waals surface area contributed by atoms with E-state index in [1.807, 2.05) is 18.2 Å². The zero-order chi connectivity index (χ0) is 9.47. The maximum absolute atomic E-state index is 6.24. The van der Waals surface area contributed by atoms with Crippen LogP contribution in [-0.4, -0.2) is 0 Å². The Labute approximate surface area is 83.9 Å². The van der Waals surface area contributed by atoms with Crippen LogP contribution in [0.25, 0.3) is 0 Å². The van der Waals surface area contributed by atoms with Gasteiger partial charge in [0.25, 0.3) is 0 Å². The smallest absolute Gasteiger partial charge is 0.0412 e. The lowest BCUT2D eigenvalue weighted by atomic mass is 9.71. The van der Waals surface area contributed by atoms with Gasteiger partial charge in [-0.15, -0.1) is 0 Å². The van der Waals surface area contributed by atoms with Crippen LogP contribution in [0.5, 0.6) is 0 Å². The van der Waals surface area contributed by atoms with Gasteiger partial charge in [-0.3, -0.25) is 0 Å². The largest absolute Gasteiger partial charge is 0.321 e. The molecule has 0 radical (unpaired) electrons. The molecule has 1 saturated carbocycles. The highest BCUT2D eigenvalue weighted by Gasteiger charge is 2.35. The Kier molecular flexibility index (Phi) is 2.09. The van der Waals surface area contributed by atoms with Gasteiger partial charge in [-0.05, 0) is 49.4 Å². The summed E-state index contributed by atoms with van der Waals surface area (Å²) in [5, 5.41) is 0.789. The fourth-order valence-corrected chi connectivity index (χ4v) is 2.13. The highest BCUT2D eigenvalue weighted by Crippen LogP contribution is 2.40. The van der Waals surface area contributed by atoms with Crippen LogP contribution in [0, 0.1) is 6.92 Å². The lowest BCUT2D eigenvalue weighted by Gasteiger charge is -2.39. The number of hydrogen-bond donors (Lipinski definition) is 1. The molecule has 0 bridgehead atoms. The summed E-state index contributed by atoms with van der Waals surface area (Å²) >= 11 is 5.95. The van der Waals surface area contributed by atoms with Gasteiger partial charge in [-0.2, -0.15) is 0 Å². The molecule has 1 aliphatic rings. The van der Waals surface area contributed by atoms with Crippen molar-refractivity contribution >= 4 is 11.6 Å². The molecule has 0 atom stereocenters. The van der Waals surface area contributed by atoms with Crippen molar-refractivity contribution in [3.63, 3.8) is 0 Å². The molecule has 0 aliphatic heterocycles. The third kappa shape index (κ3) is 1.47. The molecule has 1 fully saturated rings. The molecule has 0 spiro atoms. The van der Waals surface area contributed by atoms with Gasteiger partial charge in [0.2, 0.25) is 0 Å². The van der Waals surface area contributed by atoms with E-state index in [1.54, 1.807) is 0 Å². The van der Waals surface area contributed by atoms with E-state index in [4.69, 9.17) is 17.3 Å². The Morgan fingerprint density at radius 1 is 1.38 bits per heavy atom. The molecule has 0 heterocycles. The van der Waals surface area contributed by atoms with Gasteiger partial charge in [-0.25, -0.2) is 0 Å². The van der Waals surface area contributed by atoms with Crippen LogP contribution in [0.15, 0.2) is 18.2 Å². The van der Waals surface area contributed by atoms with E-state index in [0.29, 0.717) is 0 Å². The number of hydrogen-bond acceptors (Lipinski definition) is 1. The summed E-state index contributed by atoms with van der Waals surface area (Å²) < 4.78 is 0. The minimum atomic E-state index is -0.0883. The predicted molar refractivity (Wildman–Crippen MR) is 55.9 cm³/mol. The van der Waals surface area contributed by atoms with Crippen LogP contribution < -0.4 is 5.73 Å². The van der Waals surface area contributed by atoms with Gasteiger partial charge < -0.3 is 5.73 Å². The second-order valence-corrected chi connectivity index (χ2v) is 4.41. The highest BCUT2D eigenvalue weighted by molar-refractivity contribution is 6.30. The summed E-state index contributed by atoms with van der Waals surface area (Å²) in [5.74, 6) is 0. The maximum atomic E-state index is 6.24. The van der Waals surface area contributed by atoms with Crippen molar-refractivity contribution in [1.29, 1.82) is 0 Å². The molecule has 1 nitrogen and oxygen atoms in total. The van der Waals surface area contributed by atoms with Crippen LogP contribution in [0.3, 0.4) is 0 Å². The van der Waals surface area contributed by atoms with Crippen molar-refractivity contribution in [2.24, 2.45) is 5.73 Å². The Hall–Kier alpha value is -0.530. The first-order chi connectivity index (χ1) is 6.12. The van der Waals surface area contributed by atoms with Gasteiger partial charge >= 0.3 is 0 Å². The molecular weight excluding hydrogens is 182 g/mol. The molecule has 70 valence electrons. The second kappa shape index (κ2) is 3.00. The van der Waals surface area contributed by atoms with Crippen molar-refractivity contribution in [2.75, 3.05) is 0 Å². The molecule has 2 rings (SSSR count). The second-order valence-electron chi connectivity index (χ2n) is 3.97. The fraction of sp³-hybridized carbons (Fsp3) is 0.455. The van der Waals surface area contributed by atoms with E-state index in [1.165, 1.54) is 17.5 Å². The third-order valence-corrected chi connectivity index (χ3v) is 3.22. The molecular formula is C11H14ClN. The molecule has 0 saturated heterocycles. The third-order valence-electron chi connectivity index (χ3n) is 2.98. The van der Waals surface area contributed by atoms with E-state index >= 15 is 0 Å². The number of aryl methyl sites for hydroxylation is 1. The number of nitrogens with two attached hydrogens (primary N) is 1. The van der Waals surface area contributed by atoms with E-state index in [0.717, 1.165) is 17.9 Å². The fourth-order valence-electron chi connectivity index (χ4n) is 1.96. The Balaban J connectivity index is 2.43. The predicted octanol–water partition coefficient (Wildman–Crippen LogP) is 2.99. The molecule has 2 heteroatoms. The van der Waals surface area contributed by atoms with Crippen molar-refractivity contribution in [2.45, 2.75) is 31.7 Å². The minimum Gasteiger partial charge on any atom is -0.321 e. The van der Waals surface area contributed by atoms with E-state index in [-0.39, 0.29) is 5.54 Å². The molecule has 0 aromatic heterocycles. The number of rotatable bonds is 1. The van der Waals surface area contributed by atoms with Gasteiger partial charge in [0.05, 0.1) is 0 Å². The molecule has 2 N–H and O–H groups in total. The van der Waals surface area contributed by atoms with E-state index in [9.17, 15) is 0 Å². The first kappa shape index (κ1) is 9.04. The van der Waals surface area contributed by atoms with Crippen LogP contribution in [0.4, 0.5) is 0 Å². The monoisotopic (exact) mass is 195 g/mol.